The van der Waals surface area contributed by atoms with E-state index in [0.29, 0.717) is 5.39 Å². The summed E-state index contributed by atoms with van der Waals surface area (Å²) in [5.74, 6) is -1.52. The molecule has 0 fully saturated rings. The monoisotopic (exact) mass is 333 g/mol. The van der Waals surface area contributed by atoms with Crippen molar-refractivity contribution in [3.05, 3.63) is 41.5 Å². The van der Waals surface area contributed by atoms with E-state index in [1.54, 1.807) is 26.0 Å². The highest BCUT2D eigenvalue weighted by molar-refractivity contribution is 7.89. The van der Waals surface area contributed by atoms with E-state index in [1.807, 2.05) is 18.2 Å². The van der Waals surface area contributed by atoms with Crippen LogP contribution in [0.1, 0.15) is 25.0 Å². The standard InChI is InChI=1S/C17H19NO4S/c1-10(2)16(17(19)20)18-23(21,22)14-9-8-12-7-6-11-4-3-5-13(14)15(11)12/h3-5,8-10,16,18H,6-7H2,1-2H3,(H,19,20)/t16-/m0/s1. The van der Waals surface area contributed by atoms with Crippen LogP contribution in [0.3, 0.4) is 0 Å². The van der Waals surface area contributed by atoms with E-state index in [2.05, 4.69) is 4.72 Å². The van der Waals surface area contributed by atoms with Gasteiger partial charge in [-0.25, -0.2) is 8.42 Å². The second-order valence-corrected chi connectivity index (χ2v) is 7.93. The van der Waals surface area contributed by atoms with E-state index >= 15 is 0 Å². The van der Waals surface area contributed by atoms with Gasteiger partial charge < -0.3 is 5.11 Å². The van der Waals surface area contributed by atoms with E-state index in [1.165, 1.54) is 0 Å². The first-order valence-electron chi connectivity index (χ1n) is 7.60. The van der Waals surface area contributed by atoms with Gasteiger partial charge in [0.2, 0.25) is 10.0 Å². The van der Waals surface area contributed by atoms with E-state index < -0.39 is 22.0 Å². The second-order valence-electron chi connectivity index (χ2n) is 6.24. The topological polar surface area (TPSA) is 83.5 Å². The van der Waals surface area contributed by atoms with Gasteiger partial charge >= 0.3 is 5.97 Å². The molecule has 2 aromatic rings. The highest BCUT2D eigenvalue weighted by Crippen LogP contribution is 2.34. The number of aryl methyl sites for hydroxylation is 2. The van der Waals surface area contributed by atoms with Gasteiger partial charge in [0.1, 0.15) is 6.04 Å². The van der Waals surface area contributed by atoms with Gasteiger partial charge in [0.05, 0.1) is 4.90 Å². The first-order chi connectivity index (χ1) is 10.8. The van der Waals surface area contributed by atoms with Gasteiger partial charge in [-0.05, 0) is 41.3 Å². The lowest BCUT2D eigenvalue weighted by atomic mass is 10.1. The molecular formula is C17H19NO4S. The van der Waals surface area contributed by atoms with Gasteiger partial charge in [-0.2, -0.15) is 4.72 Å². The van der Waals surface area contributed by atoms with Crippen molar-refractivity contribution in [1.82, 2.24) is 4.72 Å². The van der Waals surface area contributed by atoms with Crippen molar-refractivity contribution < 1.29 is 18.3 Å². The first-order valence-corrected chi connectivity index (χ1v) is 9.08. The number of hydrogen-bond acceptors (Lipinski definition) is 3. The molecule has 0 radical (unpaired) electrons. The SMILES string of the molecule is CC(C)[C@H](NS(=O)(=O)c1ccc2c3c(cccc13)CC2)C(=O)O. The third-order valence-corrected chi connectivity index (χ3v) is 5.84. The van der Waals surface area contributed by atoms with Crippen molar-refractivity contribution in [1.29, 1.82) is 0 Å². The fourth-order valence-corrected chi connectivity index (χ4v) is 4.70. The van der Waals surface area contributed by atoms with Crippen molar-refractivity contribution in [2.24, 2.45) is 5.92 Å². The summed E-state index contributed by atoms with van der Waals surface area (Å²) in [7, 11) is -3.91. The summed E-state index contributed by atoms with van der Waals surface area (Å²) < 4.78 is 27.8. The van der Waals surface area contributed by atoms with Gasteiger partial charge in [-0.3, -0.25) is 4.79 Å². The van der Waals surface area contributed by atoms with Crippen LogP contribution in [-0.2, 0) is 27.7 Å². The molecule has 0 aromatic heterocycles. The number of carboxylic acids is 1. The summed E-state index contributed by atoms with van der Waals surface area (Å²) in [6.45, 7) is 3.35. The average molecular weight is 333 g/mol. The molecule has 0 spiro atoms. The number of rotatable bonds is 5. The highest BCUT2D eigenvalue weighted by atomic mass is 32.2. The Labute approximate surface area is 135 Å². The number of carbonyl (C=O) groups is 1. The van der Waals surface area contributed by atoms with E-state index in [0.717, 1.165) is 29.4 Å². The molecule has 2 aromatic carbocycles. The number of sulfonamides is 1. The largest absolute Gasteiger partial charge is 0.480 e. The van der Waals surface area contributed by atoms with E-state index in [-0.39, 0.29) is 10.8 Å². The van der Waals surface area contributed by atoms with Crippen LogP contribution < -0.4 is 4.72 Å². The maximum Gasteiger partial charge on any atom is 0.322 e. The summed E-state index contributed by atoms with van der Waals surface area (Å²) in [4.78, 5) is 11.5. The number of hydrogen-bond donors (Lipinski definition) is 2. The number of carboxylic acid groups (broad SMARTS) is 1. The Morgan fingerprint density at radius 2 is 1.78 bits per heavy atom. The van der Waals surface area contributed by atoms with Crippen molar-refractivity contribution in [3.8, 4) is 0 Å². The van der Waals surface area contributed by atoms with E-state index in [9.17, 15) is 18.3 Å². The Hall–Kier alpha value is -1.92. The predicted molar refractivity (Wildman–Crippen MR) is 87.9 cm³/mol. The second kappa shape index (κ2) is 5.62. The molecule has 0 bridgehead atoms. The Balaban J connectivity index is 2.12. The maximum absolute atomic E-state index is 12.7. The van der Waals surface area contributed by atoms with Crippen LogP contribution in [0.25, 0.3) is 10.8 Å². The lowest BCUT2D eigenvalue weighted by Crippen LogP contribution is -2.44. The van der Waals surface area contributed by atoms with Crippen molar-refractivity contribution in [3.63, 3.8) is 0 Å². The van der Waals surface area contributed by atoms with Crippen molar-refractivity contribution in [2.75, 3.05) is 0 Å². The first kappa shape index (κ1) is 16.0. The Kier molecular flexibility index (Phi) is 3.90. The molecule has 0 heterocycles. The summed E-state index contributed by atoms with van der Waals surface area (Å²) in [6, 6.07) is 7.91. The molecule has 1 aliphatic carbocycles. The molecule has 5 nitrogen and oxygen atoms in total. The summed E-state index contributed by atoms with van der Waals surface area (Å²) in [5.41, 5.74) is 2.29. The Bertz CT molecular complexity index is 877. The van der Waals surface area contributed by atoms with Gasteiger partial charge in [-0.15, -0.1) is 0 Å². The average Bonchev–Trinajstić information content (AvgIpc) is 2.90. The zero-order chi connectivity index (χ0) is 16.8. The highest BCUT2D eigenvalue weighted by Gasteiger charge is 2.30. The zero-order valence-corrected chi connectivity index (χ0v) is 13.9. The van der Waals surface area contributed by atoms with Crippen LogP contribution in [0.4, 0.5) is 0 Å². The van der Waals surface area contributed by atoms with Crippen molar-refractivity contribution >= 4 is 26.8 Å². The zero-order valence-electron chi connectivity index (χ0n) is 13.0. The molecule has 0 saturated heterocycles. The third-order valence-electron chi connectivity index (χ3n) is 4.34. The molecule has 0 aliphatic heterocycles. The number of benzene rings is 2. The van der Waals surface area contributed by atoms with Crippen LogP contribution in [0.5, 0.6) is 0 Å². The van der Waals surface area contributed by atoms with Crippen LogP contribution in [-0.4, -0.2) is 25.5 Å². The lowest BCUT2D eigenvalue weighted by molar-refractivity contribution is -0.140. The number of nitrogens with one attached hydrogen (secondary N) is 1. The Morgan fingerprint density at radius 3 is 2.39 bits per heavy atom. The molecule has 2 N–H and O–H groups in total. The molecule has 122 valence electrons. The maximum atomic E-state index is 12.7. The van der Waals surface area contributed by atoms with Gasteiger partial charge in [0.25, 0.3) is 0 Å². The molecular weight excluding hydrogens is 314 g/mol. The third kappa shape index (κ3) is 2.72. The minimum absolute atomic E-state index is 0.145. The van der Waals surface area contributed by atoms with Crippen LogP contribution in [0, 0.1) is 5.92 Å². The normalized spacial score (nSPS) is 15.3. The van der Waals surface area contributed by atoms with E-state index in [4.69, 9.17) is 0 Å². The minimum atomic E-state index is -3.91. The smallest absolute Gasteiger partial charge is 0.322 e. The minimum Gasteiger partial charge on any atom is -0.480 e. The lowest BCUT2D eigenvalue weighted by Gasteiger charge is -2.19. The van der Waals surface area contributed by atoms with Crippen LogP contribution >= 0.6 is 0 Å². The molecule has 3 rings (SSSR count). The summed E-state index contributed by atoms with van der Waals surface area (Å²) >= 11 is 0. The fourth-order valence-electron chi connectivity index (χ4n) is 3.16. The van der Waals surface area contributed by atoms with Crippen molar-refractivity contribution in [2.45, 2.75) is 37.6 Å². The predicted octanol–water partition coefficient (Wildman–Crippen LogP) is 2.33. The van der Waals surface area contributed by atoms with Crippen LogP contribution in [0.2, 0.25) is 0 Å². The van der Waals surface area contributed by atoms with Gasteiger partial charge in [-0.1, -0.05) is 38.1 Å². The molecule has 0 amide bonds. The fraction of sp³-hybridized carbons (Fsp3) is 0.353. The molecule has 1 aliphatic rings. The molecule has 0 saturated carbocycles. The van der Waals surface area contributed by atoms with Gasteiger partial charge in [0, 0.05) is 5.39 Å². The molecule has 23 heavy (non-hydrogen) atoms. The van der Waals surface area contributed by atoms with Crippen LogP contribution in [0.15, 0.2) is 35.2 Å². The Morgan fingerprint density at radius 1 is 1.13 bits per heavy atom. The molecule has 6 heteroatoms. The molecule has 0 unspecified atom stereocenters. The number of aliphatic carboxylic acids is 1. The quantitative estimate of drug-likeness (QED) is 0.879. The summed E-state index contributed by atoms with van der Waals surface area (Å²) in [5, 5.41) is 10.9. The summed E-state index contributed by atoms with van der Waals surface area (Å²) in [6.07, 6.45) is 1.82. The van der Waals surface area contributed by atoms with Gasteiger partial charge in [0.15, 0.2) is 0 Å². The molecule has 1 atom stereocenters.